The molecule has 2 aliphatic rings. The monoisotopic (exact) mass is 286 g/mol. The molecule has 2 aliphatic heterocycles. The second kappa shape index (κ2) is 7.27. The van der Waals surface area contributed by atoms with Gasteiger partial charge in [0.25, 0.3) is 0 Å². The minimum Gasteiger partial charge on any atom is -0.377 e. The van der Waals surface area contributed by atoms with Crippen LogP contribution in [0, 0.1) is 0 Å². The van der Waals surface area contributed by atoms with Crippen LogP contribution < -0.4 is 0 Å². The van der Waals surface area contributed by atoms with Crippen LogP contribution in [-0.4, -0.2) is 61.1 Å². The molecule has 0 aliphatic carbocycles. The van der Waals surface area contributed by atoms with Gasteiger partial charge in [-0.25, -0.2) is 0 Å². The van der Waals surface area contributed by atoms with E-state index in [1.807, 2.05) is 4.90 Å². The Morgan fingerprint density at radius 2 is 2.05 bits per heavy atom. The maximum absolute atomic E-state index is 12.2. The largest absolute Gasteiger partial charge is 0.377 e. The molecule has 1 atom stereocenters. The van der Waals surface area contributed by atoms with Crippen molar-refractivity contribution in [2.75, 3.05) is 39.3 Å². The Hall–Kier alpha value is -0.580. The van der Waals surface area contributed by atoms with Crippen LogP contribution in [0.4, 0.5) is 0 Å². The summed E-state index contributed by atoms with van der Waals surface area (Å²) < 4.78 is 5.63. The van der Waals surface area contributed by atoms with E-state index in [4.69, 9.17) is 16.3 Å². The van der Waals surface area contributed by atoms with E-state index in [1.165, 1.54) is 0 Å². The highest BCUT2D eigenvalue weighted by atomic mass is 35.5. The van der Waals surface area contributed by atoms with Gasteiger partial charge in [-0.05, 0) is 25.7 Å². The first-order chi connectivity index (χ1) is 9.15. The third-order valence-corrected chi connectivity index (χ3v) is 3.82. The van der Waals surface area contributed by atoms with E-state index < -0.39 is 0 Å². The van der Waals surface area contributed by atoms with Gasteiger partial charge in [-0.15, -0.1) is 0 Å². The fraction of sp³-hybridized carbons (Fsp3) is 0.786. The fourth-order valence-corrected chi connectivity index (χ4v) is 2.93. The van der Waals surface area contributed by atoms with Crippen LogP contribution in [-0.2, 0) is 9.53 Å². The van der Waals surface area contributed by atoms with Crippen molar-refractivity contribution in [1.82, 2.24) is 9.80 Å². The van der Waals surface area contributed by atoms with E-state index >= 15 is 0 Å². The molecule has 0 bridgehead atoms. The van der Waals surface area contributed by atoms with Crippen LogP contribution in [0.25, 0.3) is 0 Å². The predicted octanol–water partition coefficient (Wildman–Crippen LogP) is 1.84. The van der Waals surface area contributed by atoms with Crippen molar-refractivity contribution in [3.8, 4) is 0 Å². The van der Waals surface area contributed by atoms with Gasteiger partial charge >= 0.3 is 0 Å². The van der Waals surface area contributed by atoms with Gasteiger partial charge in [0.05, 0.1) is 12.6 Å². The van der Waals surface area contributed by atoms with Gasteiger partial charge in [0, 0.05) is 37.8 Å². The molecule has 0 aromatic carbocycles. The number of hydrogen-bond acceptors (Lipinski definition) is 3. The van der Waals surface area contributed by atoms with Gasteiger partial charge in [-0.2, -0.15) is 0 Å². The van der Waals surface area contributed by atoms with E-state index in [2.05, 4.69) is 11.5 Å². The van der Waals surface area contributed by atoms with Gasteiger partial charge in [0.2, 0.25) is 5.91 Å². The van der Waals surface area contributed by atoms with Crippen LogP contribution in [0.3, 0.4) is 0 Å². The van der Waals surface area contributed by atoms with Crippen molar-refractivity contribution in [2.45, 2.75) is 31.8 Å². The van der Waals surface area contributed by atoms with Crippen molar-refractivity contribution in [3.05, 3.63) is 11.6 Å². The average molecular weight is 287 g/mol. The second-order valence-corrected chi connectivity index (χ2v) is 5.94. The molecule has 0 radical (unpaired) electrons. The fourth-order valence-electron chi connectivity index (χ4n) is 2.76. The topological polar surface area (TPSA) is 32.8 Å². The Morgan fingerprint density at radius 1 is 1.32 bits per heavy atom. The molecule has 0 aromatic rings. The highest BCUT2D eigenvalue weighted by molar-refractivity contribution is 6.29. The summed E-state index contributed by atoms with van der Waals surface area (Å²) in [5.41, 5.74) is 0. The van der Waals surface area contributed by atoms with E-state index in [0.717, 1.165) is 51.9 Å². The first-order valence-corrected chi connectivity index (χ1v) is 7.48. The van der Waals surface area contributed by atoms with Crippen molar-refractivity contribution in [2.24, 2.45) is 0 Å². The highest BCUT2D eigenvalue weighted by Crippen LogP contribution is 2.15. The Balaban J connectivity index is 1.84. The number of amides is 1. The number of carbonyl (C=O) groups is 1. The van der Waals surface area contributed by atoms with E-state index in [9.17, 15) is 4.79 Å². The summed E-state index contributed by atoms with van der Waals surface area (Å²) >= 11 is 5.90. The third-order valence-electron chi connectivity index (χ3n) is 3.70. The SMILES string of the molecule is C=C(Cl)CN(CC(=O)N1CCCC1)C[C@H]1CCCO1. The summed E-state index contributed by atoms with van der Waals surface area (Å²) in [5, 5.41) is 0.576. The Kier molecular flexibility index (Phi) is 5.67. The molecule has 108 valence electrons. The Labute approximate surface area is 120 Å². The average Bonchev–Trinajstić information content (AvgIpc) is 3.00. The molecular formula is C14H23ClN2O2. The van der Waals surface area contributed by atoms with Crippen LogP contribution in [0.5, 0.6) is 0 Å². The zero-order valence-electron chi connectivity index (χ0n) is 11.4. The molecule has 2 heterocycles. The second-order valence-electron chi connectivity index (χ2n) is 5.41. The van der Waals surface area contributed by atoms with Gasteiger partial charge in [-0.3, -0.25) is 9.69 Å². The van der Waals surface area contributed by atoms with E-state index in [-0.39, 0.29) is 12.0 Å². The minimum atomic E-state index is 0.202. The number of rotatable bonds is 6. The first kappa shape index (κ1) is 14.8. The summed E-state index contributed by atoms with van der Waals surface area (Å²) in [6, 6.07) is 0. The summed E-state index contributed by atoms with van der Waals surface area (Å²) in [5.74, 6) is 0.202. The lowest BCUT2D eigenvalue weighted by Gasteiger charge is -2.26. The molecule has 0 unspecified atom stereocenters. The highest BCUT2D eigenvalue weighted by Gasteiger charge is 2.24. The zero-order valence-corrected chi connectivity index (χ0v) is 12.2. The van der Waals surface area contributed by atoms with E-state index in [1.54, 1.807) is 0 Å². The number of halogens is 1. The molecule has 0 N–H and O–H groups in total. The lowest BCUT2D eigenvalue weighted by atomic mass is 10.2. The molecular weight excluding hydrogens is 264 g/mol. The molecule has 0 spiro atoms. The predicted molar refractivity (Wildman–Crippen MR) is 76.2 cm³/mol. The van der Waals surface area contributed by atoms with Crippen LogP contribution in [0.1, 0.15) is 25.7 Å². The maximum atomic E-state index is 12.2. The number of ether oxygens (including phenoxy) is 1. The summed E-state index contributed by atoms with van der Waals surface area (Å²) in [4.78, 5) is 16.2. The minimum absolute atomic E-state index is 0.202. The molecule has 4 nitrogen and oxygen atoms in total. The molecule has 0 aromatic heterocycles. The van der Waals surface area contributed by atoms with Crippen molar-refractivity contribution in [1.29, 1.82) is 0 Å². The smallest absolute Gasteiger partial charge is 0.236 e. The van der Waals surface area contributed by atoms with Gasteiger partial charge in [0.1, 0.15) is 0 Å². The molecule has 2 rings (SSSR count). The zero-order chi connectivity index (χ0) is 13.7. The molecule has 19 heavy (non-hydrogen) atoms. The number of carbonyl (C=O) groups excluding carboxylic acids is 1. The van der Waals surface area contributed by atoms with Gasteiger partial charge in [0.15, 0.2) is 0 Å². The molecule has 1 amide bonds. The van der Waals surface area contributed by atoms with Crippen molar-refractivity contribution >= 4 is 17.5 Å². The number of nitrogens with zero attached hydrogens (tertiary/aromatic N) is 2. The van der Waals surface area contributed by atoms with Crippen LogP contribution in [0.15, 0.2) is 11.6 Å². The summed E-state index contributed by atoms with van der Waals surface area (Å²) in [6.07, 6.45) is 4.67. The molecule has 5 heteroatoms. The van der Waals surface area contributed by atoms with Gasteiger partial charge in [-0.1, -0.05) is 18.2 Å². The van der Waals surface area contributed by atoms with Crippen molar-refractivity contribution in [3.63, 3.8) is 0 Å². The number of hydrogen-bond donors (Lipinski definition) is 0. The molecule has 0 saturated carbocycles. The van der Waals surface area contributed by atoms with Gasteiger partial charge < -0.3 is 9.64 Å². The summed E-state index contributed by atoms with van der Waals surface area (Å²) in [6.45, 7) is 8.11. The molecule has 2 saturated heterocycles. The maximum Gasteiger partial charge on any atom is 0.236 e. The standard InChI is InChI=1S/C14H23ClN2O2/c1-12(15)9-16(10-13-5-4-8-19-13)11-14(18)17-6-2-3-7-17/h13H,1-11H2/t13-/m1/s1. The van der Waals surface area contributed by atoms with Crippen molar-refractivity contribution < 1.29 is 9.53 Å². The number of likely N-dealkylation sites (tertiary alicyclic amines) is 1. The lowest BCUT2D eigenvalue weighted by Crippen LogP contribution is -2.42. The quantitative estimate of drug-likeness (QED) is 0.747. The van der Waals surface area contributed by atoms with E-state index in [0.29, 0.717) is 18.1 Å². The third kappa shape index (κ3) is 4.79. The lowest BCUT2D eigenvalue weighted by molar-refractivity contribution is -0.131. The normalized spacial score (nSPS) is 23.3. The van der Waals surface area contributed by atoms with Crippen LogP contribution >= 0.6 is 11.6 Å². The Morgan fingerprint density at radius 3 is 2.63 bits per heavy atom. The molecule has 2 fully saturated rings. The summed E-state index contributed by atoms with van der Waals surface area (Å²) in [7, 11) is 0. The first-order valence-electron chi connectivity index (χ1n) is 7.10. The Bertz CT molecular complexity index is 323. The van der Waals surface area contributed by atoms with Crippen LogP contribution in [0.2, 0.25) is 0 Å².